The third kappa shape index (κ3) is 5.92. The molecule has 2 heterocycles. The Morgan fingerprint density at radius 3 is 2.44 bits per heavy atom. The van der Waals surface area contributed by atoms with Gasteiger partial charge >= 0.3 is 0 Å². The first kappa shape index (κ1) is 20.1. The lowest BCUT2D eigenvalue weighted by molar-refractivity contribution is -0.121. The van der Waals surface area contributed by atoms with E-state index in [0.717, 1.165) is 72.1 Å². The van der Waals surface area contributed by atoms with Crippen LogP contribution in [0.15, 0.2) is 18.2 Å². The molecule has 2 aliphatic heterocycles. The lowest BCUT2D eigenvalue weighted by atomic mass is 10.1. The maximum Gasteiger partial charge on any atom is 0.221 e. The Kier molecular flexibility index (Phi) is 7.50. The Balaban J connectivity index is 1.32. The molecule has 0 aromatic heterocycles. The highest BCUT2D eigenvalue weighted by Gasteiger charge is 2.19. The van der Waals surface area contributed by atoms with E-state index in [-0.39, 0.29) is 5.91 Å². The number of morpholine rings is 1. The fourth-order valence-corrected chi connectivity index (χ4v) is 3.82. The van der Waals surface area contributed by atoms with Crippen LogP contribution in [0.5, 0.6) is 0 Å². The molecule has 0 aliphatic carbocycles. The van der Waals surface area contributed by atoms with Crippen molar-refractivity contribution in [1.29, 1.82) is 0 Å². The molecule has 0 radical (unpaired) electrons. The Labute approximate surface area is 163 Å². The molecule has 0 atom stereocenters. The van der Waals surface area contributed by atoms with E-state index in [0.29, 0.717) is 6.42 Å². The maximum atomic E-state index is 12.1. The average Bonchev–Trinajstić information content (AvgIpc) is 2.70. The van der Waals surface area contributed by atoms with Gasteiger partial charge in [0.25, 0.3) is 0 Å². The Bertz CT molecular complexity index is 608. The molecule has 0 spiro atoms. The second-order valence-electron chi connectivity index (χ2n) is 7.60. The van der Waals surface area contributed by atoms with Gasteiger partial charge in [0.15, 0.2) is 0 Å². The first-order valence-electron chi connectivity index (χ1n) is 10.2. The summed E-state index contributed by atoms with van der Waals surface area (Å²) >= 11 is 0. The Hall–Kier alpha value is -1.63. The van der Waals surface area contributed by atoms with Gasteiger partial charge in [-0.2, -0.15) is 0 Å². The van der Waals surface area contributed by atoms with Crippen molar-refractivity contribution in [2.75, 3.05) is 77.0 Å². The summed E-state index contributed by atoms with van der Waals surface area (Å²) in [6, 6.07) is 6.54. The second-order valence-corrected chi connectivity index (χ2v) is 7.60. The van der Waals surface area contributed by atoms with Gasteiger partial charge in [-0.3, -0.25) is 14.6 Å². The number of ether oxygens (including phenoxy) is 1. The largest absolute Gasteiger partial charge is 0.379 e. The summed E-state index contributed by atoms with van der Waals surface area (Å²) in [5.41, 5.74) is 4.09. The molecule has 1 aromatic carbocycles. The van der Waals surface area contributed by atoms with Crippen molar-refractivity contribution in [2.24, 2.45) is 0 Å². The average molecular weight is 375 g/mol. The van der Waals surface area contributed by atoms with E-state index in [1.165, 1.54) is 16.8 Å². The molecule has 0 bridgehead atoms. The van der Waals surface area contributed by atoms with Crippen LogP contribution in [0.3, 0.4) is 0 Å². The number of nitrogens with one attached hydrogen (secondary N) is 1. The summed E-state index contributed by atoms with van der Waals surface area (Å²) in [5, 5.41) is 3.06. The Morgan fingerprint density at radius 1 is 1.00 bits per heavy atom. The van der Waals surface area contributed by atoms with E-state index in [1.807, 2.05) is 0 Å². The molecule has 0 unspecified atom stereocenters. The lowest BCUT2D eigenvalue weighted by Gasteiger charge is -2.37. The molecule has 1 aromatic rings. The van der Waals surface area contributed by atoms with Crippen LogP contribution in [0.25, 0.3) is 0 Å². The highest BCUT2D eigenvalue weighted by molar-refractivity contribution is 5.76. The molecule has 0 saturated carbocycles. The first-order valence-corrected chi connectivity index (χ1v) is 10.2. The van der Waals surface area contributed by atoms with Crippen LogP contribution in [0.4, 0.5) is 5.69 Å². The number of hydrogen-bond acceptors (Lipinski definition) is 5. The molecule has 2 saturated heterocycles. The van der Waals surface area contributed by atoms with Crippen LogP contribution in [0, 0.1) is 13.8 Å². The van der Waals surface area contributed by atoms with Gasteiger partial charge in [-0.25, -0.2) is 0 Å². The SMILES string of the molecule is Cc1cccc(N2CCN(CCC(=O)NCCN3CCOCC3)CC2)c1C. The van der Waals surface area contributed by atoms with Gasteiger partial charge in [0.2, 0.25) is 5.91 Å². The molecule has 2 aliphatic rings. The van der Waals surface area contributed by atoms with E-state index in [2.05, 4.69) is 52.1 Å². The number of carbonyl (C=O) groups excluding carboxylic acids is 1. The van der Waals surface area contributed by atoms with Crippen molar-refractivity contribution in [3.63, 3.8) is 0 Å². The lowest BCUT2D eigenvalue weighted by Crippen LogP contribution is -2.47. The quantitative estimate of drug-likeness (QED) is 0.779. The minimum Gasteiger partial charge on any atom is -0.379 e. The van der Waals surface area contributed by atoms with E-state index in [4.69, 9.17) is 4.74 Å². The van der Waals surface area contributed by atoms with Crippen LogP contribution in [-0.2, 0) is 9.53 Å². The van der Waals surface area contributed by atoms with Crippen LogP contribution in [-0.4, -0.2) is 87.8 Å². The number of amides is 1. The van der Waals surface area contributed by atoms with Crippen molar-refractivity contribution in [3.8, 4) is 0 Å². The van der Waals surface area contributed by atoms with Crippen LogP contribution in [0.2, 0.25) is 0 Å². The second kappa shape index (κ2) is 10.1. The van der Waals surface area contributed by atoms with Crippen molar-refractivity contribution in [2.45, 2.75) is 20.3 Å². The summed E-state index contributed by atoms with van der Waals surface area (Å²) < 4.78 is 5.34. The number of piperazine rings is 1. The van der Waals surface area contributed by atoms with Crippen LogP contribution < -0.4 is 10.2 Å². The van der Waals surface area contributed by atoms with Gasteiger partial charge in [0, 0.05) is 71.0 Å². The molecule has 6 heteroatoms. The van der Waals surface area contributed by atoms with Gasteiger partial charge < -0.3 is 15.0 Å². The molecule has 27 heavy (non-hydrogen) atoms. The fourth-order valence-electron chi connectivity index (χ4n) is 3.82. The van der Waals surface area contributed by atoms with Crippen molar-refractivity contribution in [1.82, 2.24) is 15.1 Å². The van der Waals surface area contributed by atoms with E-state index in [1.54, 1.807) is 0 Å². The Morgan fingerprint density at radius 2 is 1.70 bits per heavy atom. The van der Waals surface area contributed by atoms with Gasteiger partial charge in [0.1, 0.15) is 0 Å². The summed E-state index contributed by atoms with van der Waals surface area (Å²) in [4.78, 5) is 19.3. The number of aryl methyl sites for hydroxylation is 1. The summed E-state index contributed by atoms with van der Waals surface area (Å²) in [7, 11) is 0. The number of hydrogen-bond donors (Lipinski definition) is 1. The van der Waals surface area contributed by atoms with Crippen molar-refractivity contribution >= 4 is 11.6 Å². The number of carbonyl (C=O) groups is 1. The van der Waals surface area contributed by atoms with Gasteiger partial charge in [0.05, 0.1) is 13.2 Å². The molecule has 6 nitrogen and oxygen atoms in total. The zero-order valence-electron chi connectivity index (χ0n) is 16.9. The smallest absolute Gasteiger partial charge is 0.221 e. The molecule has 3 rings (SSSR count). The number of anilines is 1. The number of benzene rings is 1. The maximum absolute atomic E-state index is 12.1. The topological polar surface area (TPSA) is 48.0 Å². The van der Waals surface area contributed by atoms with Gasteiger partial charge in [-0.05, 0) is 31.0 Å². The fraction of sp³-hybridized carbons (Fsp3) is 0.667. The van der Waals surface area contributed by atoms with Crippen LogP contribution >= 0.6 is 0 Å². The standard InChI is InChI=1S/C21H34N4O2/c1-18-4-3-5-20(19(18)2)25-12-10-23(11-13-25)8-6-21(26)22-7-9-24-14-16-27-17-15-24/h3-5H,6-17H2,1-2H3,(H,22,26). The molecule has 1 N–H and O–H groups in total. The van der Waals surface area contributed by atoms with Crippen molar-refractivity contribution < 1.29 is 9.53 Å². The molecule has 2 fully saturated rings. The highest BCUT2D eigenvalue weighted by Crippen LogP contribution is 2.23. The third-order valence-electron chi connectivity index (χ3n) is 5.80. The zero-order valence-corrected chi connectivity index (χ0v) is 16.9. The highest BCUT2D eigenvalue weighted by atomic mass is 16.5. The van der Waals surface area contributed by atoms with Gasteiger partial charge in [-0.1, -0.05) is 12.1 Å². The minimum absolute atomic E-state index is 0.167. The van der Waals surface area contributed by atoms with Crippen LogP contribution in [0.1, 0.15) is 17.5 Å². The zero-order chi connectivity index (χ0) is 19.1. The monoisotopic (exact) mass is 374 g/mol. The molecule has 1 amide bonds. The summed E-state index contributed by atoms with van der Waals surface area (Å²) in [6.45, 7) is 14.6. The number of nitrogens with zero attached hydrogens (tertiary/aromatic N) is 3. The summed E-state index contributed by atoms with van der Waals surface area (Å²) in [5.74, 6) is 0.167. The predicted octanol–water partition coefficient (Wildman–Crippen LogP) is 1.26. The van der Waals surface area contributed by atoms with E-state index < -0.39 is 0 Å². The normalized spacial score (nSPS) is 19.3. The summed E-state index contributed by atoms with van der Waals surface area (Å²) in [6.07, 6.45) is 0.590. The number of rotatable bonds is 7. The van der Waals surface area contributed by atoms with Gasteiger partial charge in [-0.15, -0.1) is 0 Å². The van der Waals surface area contributed by atoms with E-state index >= 15 is 0 Å². The first-order chi connectivity index (χ1) is 13.1. The predicted molar refractivity (Wildman–Crippen MR) is 109 cm³/mol. The minimum atomic E-state index is 0.167. The third-order valence-corrected chi connectivity index (χ3v) is 5.80. The van der Waals surface area contributed by atoms with Crippen molar-refractivity contribution in [3.05, 3.63) is 29.3 Å². The molecular weight excluding hydrogens is 340 g/mol. The molecular formula is C21H34N4O2. The van der Waals surface area contributed by atoms with E-state index in [9.17, 15) is 4.79 Å². The molecule has 150 valence electrons.